The van der Waals surface area contributed by atoms with Crippen LogP contribution in [0.2, 0.25) is 0 Å². The molecule has 1 aliphatic heterocycles. The Bertz CT molecular complexity index is 768. The molecule has 1 saturated heterocycles. The summed E-state index contributed by atoms with van der Waals surface area (Å²) >= 11 is 0. The Hall–Kier alpha value is -2.40. The maximum Gasteiger partial charge on any atom is 0.308 e. The van der Waals surface area contributed by atoms with Gasteiger partial charge in [-0.1, -0.05) is 42.5 Å². The molecule has 132 valence electrons. The van der Waals surface area contributed by atoms with Crippen molar-refractivity contribution in [2.24, 2.45) is 5.92 Å². The molecule has 1 amide bonds. The fourth-order valence-corrected chi connectivity index (χ4v) is 3.32. The van der Waals surface area contributed by atoms with E-state index in [1.54, 1.807) is 0 Å². The molecule has 5 heteroatoms. The van der Waals surface area contributed by atoms with Crippen LogP contribution in [0.3, 0.4) is 0 Å². The number of nitrogens with one attached hydrogen (secondary N) is 1. The smallest absolute Gasteiger partial charge is 0.308 e. The lowest BCUT2D eigenvalue weighted by Crippen LogP contribution is -2.39. The number of benzene rings is 2. The lowest BCUT2D eigenvalue weighted by molar-refractivity contribution is -0.142. The Morgan fingerprint density at radius 1 is 1.20 bits per heavy atom. The zero-order valence-electron chi connectivity index (χ0n) is 14.3. The van der Waals surface area contributed by atoms with Gasteiger partial charge in [0.1, 0.15) is 6.10 Å². The number of carbonyl (C=O) groups excluding carboxylic acids is 1. The zero-order chi connectivity index (χ0) is 17.8. The maximum atomic E-state index is 12.2. The number of ether oxygens (including phenoxy) is 1. The third-order valence-electron chi connectivity index (χ3n) is 4.74. The van der Waals surface area contributed by atoms with Crippen LogP contribution in [0.1, 0.15) is 25.3 Å². The predicted octanol–water partition coefficient (Wildman–Crippen LogP) is 2.77. The van der Waals surface area contributed by atoms with Gasteiger partial charge in [-0.3, -0.25) is 9.59 Å². The molecule has 0 spiro atoms. The molecule has 0 saturated carbocycles. The zero-order valence-corrected chi connectivity index (χ0v) is 14.3. The summed E-state index contributed by atoms with van der Waals surface area (Å²) in [4.78, 5) is 23.8. The lowest BCUT2D eigenvalue weighted by atomic mass is 9.94. The van der Waals surface area contributed by atoms with Gasteiger partial charge in [0, 0.05) is 6.54 Å². The van der Waals surface area contributed by atoms with E-state index in [9.17, 15) is 14.7 Å². The first-order valence-corrected chi connectivity index (χ1v) is 8.67. The van der Waals surface area contributed by atoms with Crippen LogP contribution in [-0.2, 0) is 20.7 Å². The standard InChI is InChI=1S/C20H23NO4/c1-13-9-10-18(25-13)19(22)21-12-16(20(23)24)11-15-7-4-6-14-5-2-3-8-17(14)15/h2-8,13,16,18H,9-12H2,1H3,(H,21,22)(H,23,24). The minimum absolute atomic E-state index is 0.0849. The lowest BCUT2D eigenvalue weighted by Gasteiger charge is -2.17. The van der Waals surface area contributed by atoms with E-state index < -0.39 is 18.0 Å². The first-order chi connectivity index (χ1) is 12.0. The molecular formula is C20H23NO4. The summed E-state index contributed by atoms with van der Waals surface area (Å²) < 4.78 is 5.53. The van der Waals surface area contributed by atoms with Gasteiger partial charge in [-0.25, -0.2) is 0 Å². The molecule has 1 heterocycles. The summed E-state index contributed by atoms with van der Waals surface area (Å²) in [5, 5.41) is 14.4. The highest BCUT2D eigenvalue weighted by Crippen LogP contribution is 2.22. The molecule has 2 N–H and O–H groups in total. The topological polar surface area (TPSA) is 75.6 Å². The number of rotatable bonds is 6. The van der Waals surface area contributed by atoms with Crippen LogP contribution < -0.4 is 5.32 Å². The fourth-order valence-electron chi connectivity index (χ4n) is 3.32. The van der Waals surface area contributed by atoms with E-state index in [1.165, 1.54) is 0 Å². The van der Waals surface area contributed by atoms with Crippen molar-refractivity contribution >= 4 is 22.6 Å². The highest BCUT2D eigenvalue weighted by Gasteiger charge is 2.29. The maximum absolute atomic E-state index is 12.2. The predicted molar refractivity (Wildman–Crippen MR) is 95.4 cm³/mol. The van der Waals surface area contributed by atoms with E-state index in [-0.39, 0.29) is 18.6 Å². The van der Waals surface area contributed by atoms with Crippen LogP contribution in [-0.4, -0.2) is 35.7 Å². The van der Waals surface area contributed by atoms with Gasteiger partial charge in [-0.15, -0.1) is 0 Å². The van der Waals surface area contributed by atoms with Crippen molar-refractivity contribution in [1.29, 1.82) is 0 Å². The Morgan fingerprint density at radius 3 is 2.68 bits per heavy atom. The van der Waals surface area contributed by atoms with E-state index in [0.29, 0.717) is 12.8 Å². The second-order valence-corrected chi connectivity index (χ2v) is 6.64. The number of fused-ring (bicyclic) bond motifs is 1. The van der Waals surface area contributed by atoms with Gasteiger partial charge in [-0.05, 0) is 42.5 Å². The molecule has 3 unspecified atom stereocenters. The van der Waals surface area contributed by atoms with Crippen molar-refractivity contribution in [3.05, 3.63) is 48.0 Å². The van der Waals surface area contributed by atoms with Crippen molar-refractivity contribution in [3.8, 4) is 0 Å². The number of carbonyl (C=O) groups is 2. The van der Waals surface area contributed by atoms with E-state index >= 15 is 0 Å². The highest BCUT2D eigenvalue weighted by atomic mass is 16.5. The van der Waals surface area contributed by atoms with Gasteiger partial charge in [-0.2, -0.15) is 0 Å². The number of amides is 1. The molecule has 5 nitrogen and oxygen atoms in total. The number of hydrogen-bond acceptors (Lipinski definition) is 3. The molecule has 1 fully saturated rings. The molecule has 0 radical (unpaired) electrons. The largest absolute Gasteiger partial charge is 0.481 e. The van der Waals surface area contributed by atoms with Crippen LogP contribution in [0.5, 0.6) is 0 Å². The summed E-state index contributed by atoms with van der Waals surface area (Å²) in [6.45, 7) is 2.04. The SMILES string of the molecule is CC1CCC(C(=O)NCC(Cc2cccc3ccccc23)C(=O)O)O1. The quantitative estimate of drug-likeness (QED) is 0.847. The first-order valence-electron chi connectivity index (χ1n) is 8.67. The molecule has 25 heavy (non-hydrogen) atoms. The Kier molecular flexibility index (Phi) is 5.34. The summed E-state index contributed by atoms with van der Waals surface area (Å²) in [5.41, 5.74) is 0.977. The third-order valence-corrected chi connectivity index (χ3v) is 4.74. The molecule has 2 aromatic rings. The monoisotopic (exact) mass is 341 g/mol. The minimum atomic E-state index is -0.908. The minimum Gasteiger partial charge on any atom is -0.481 e. The molecule has 3 atom stereocenters. The van der Waals surface area contributed by atoms with Gasteiger partial charge >= 0.3 is 5.97 Å². The molecule has 0 aliphatic carbocycles. The average molecular weight is 341 g/mol. The Morgan fingerprint density at radius 2 is 1.96 bits per heavy atom. The molecular weight excluding hydrogens is 318 g/mol. The number of aliphatic carboxylic acids is 1. The van der Waals surface area contributed by atoms with Gasteiger partial charge in [0.2, 0.25) is 5.91 Å². The normalized spacial score (nSPS) is 21.2. The number of carboxylic acid groups (broad SMARTS) is 1. The average Bonchev–Trinajstić information content (AvgIpc) is 3.04. The van der Waals surface area contributed by atoms with Crippen molar-refractivity contribution in [1.82, 2.24) is 5.32 Å². The Labute approximate surface area is 147 Å². The van der Waals surface area contributed by atoms with Crippen molar-refractivity contribution in [2.45, 2.75) is 38.4 Å². The fraction of sp³-hybridized carbons (Fsp3) is 0.400. The second-order valence-electron chi connectivity index (χ2n) is 6.64. The number of carboxylic acids is 1. The van der Waals surface area contributed by atoms with Gasteiger partial charge in [0.05, 0.1) is 12.0 Å². The van der Waals surface area contributed by atoms with Crippen molar-refractivity contribution in [2.75, 3.05) is 6.54 Å². The van der Waals surface area contributed by atoms with E-state index in [4.69, 9.17) is 4.74 Å². The second kappa shape index (κ2) is 7.66. The van der Waals surface area contributed by atoms with E-state index in [1.807, 2.05) is 49.4 Å². The highest BCUT2D eigenvalue weighted by molar-refractivity contribution is 5.86. The molecule has 3 rings (SSSR count). The van der Waals surface area contributed by atoms with Crippen LogP contribution in [0.4, 0.5) is 0 Å². The summed E-state index contributed by atoms with van der Waals surface area (Å²) in [6.07, 6.45) is 1.55. The summed E-state index contributed by atoms with van der Waals surface area (Å²) in [5.74, 6) is -1.80. The van der Waals surface area contributed by atoms with E-state index in [0.717, 1.165) is 22.8 Å². The number of hydrogen-bond donors (Lipinski definition) is 2. The van der Waals surface area contributed by atoms with Crippen LogP contribution in [0.15, 0.2) is 42.5 Å². The molecule has 0 bridgehead atoms. The van der Waals surface area contributed by atoms with Crippen LogP contribution >= 0.6 is 0 Å². The first kappa shape index (κ1) is 17.4. The Balaban J connectivity index is 1.67. The summed E-state index contributed by atoms with van der Waals surface area (Å²) in [7, 11) is 0. The molecule has 1 aliphatic rings. The van der Waals surface area contributed by atoms with Crippen LogP contribution in [0.25, 0.3) is 10.8 Å². The van der Waals surface area contributed by atoms with Gasteiger partial charge < -0.3 is 15.2 Å². The van der Waals surface area contributed by atoms with Crippen LogP contribution in [0, 0.1) is 5.92 Å². The van der Waals surface area contributed by atoms with Gasteiger partial charge in [0.25, 0.3) is 0 Å². The van der Waals surface area contributed by atoms with Gasteiger partial charge in [0.15, 0.2) is 0 Å². The molecule has 2 aromatic carbocycles. The summed E-state index contributed by atoms with van der Waals surface area (Å²) in [6, 6.07) is 13.8. The molecule has 0 aromatic heterocycles. The van der Waals surface area contributed by atoms with Crippen molar-refractivity contribution in [3.63, 3.8) is 0 Å². The van der Waals surface area contributed by atoms with Crippen molar-refractivity contribution < 1.29 is 19.4 Å². The van der Waals surface area contributed by atoms with E-state index in [2.05, 4.69) is 5.32 Å². The third kappa shape index (κ3) is 4.17.